The molecule has 0 bridgehead atoms. The molecule has 152 valence electrons. The number of alkyl halides is 3. The number of carbonyl (C=O) groups excluding carboxylic acids is 1. The van der Waals surface area contributed by atoms with Crippen LogP contribution in [0.4, 0.5) is 23.5 Å². The van der Waals surface area contributed by atoms with Crippen molar-refractivity contribution in [1.82, 2.24) is 24.5 Å². The third kappa shape index (κ3) is 4.44. The third-order valence-electron chi connectivity index (χ3n) is 4.47. The highest BCUT2D eigenvalue weighted by Crippen LogP contribution is 2.42. The fraction of sp³-hybridized carbons (Fsp3) is 0.333. The first kappa shape index (κ1) is 19.1. The smallest absolute Gasteiger partial charge is 0.292 e. The quantitative estimate of drug-likeness (QED) is 0.636. The second-order valence-electron chi connectivity index (χ2n) is 6.79. The Kier molecular flexibility index (Phi) is 4.81. The average molecular weight is 408 g/mol. The summed E-state index contributed by atoms with van der Waals surface area (Å²) in [6.45, 7) is -0.265. The Bertz CT molecular complexity index is 1040. The van der Waals surface area contributed by atoms with E-state index in [4.69, 9.17) is 0 Å². The van der Waals surface area contributed by atoms with Crippen LogP contribution in [0.5, 0.6) is 0 Å². The van der Waals surface area contributed by atoms with Crippen LogP contribution in [0.25, 0.3) is 0 Å². The first-order chi connectivity index (χ1) is 13.8. The molecule has 1 saturated carbocycles. The molecule has 1 N–H and O–H groups in total. The molecule has 1 aliphatic rings. The van der Waals surface area contributed by atoms with Crippen molar-refractivity contribution in [1.29, 1.82) is 0 Å². The number of carbonyl (C=O) groups is 1. The van der Waals surface area contributed by atoms with Crippen LogP contribution in [0.15, 0.2) is 36.7 Å². The van der Waals surface area contributed by atoms with Crippen LogP contribution in [-0.4, -0.2) is 30.5 Å². The minimum absolute atomic E-state index is 0.00972. The van der Waals surface area contributed by atoms with E-state index in [1.54, 1.807) is 18.2 Å². The van der Waals surface area contributed by atoms with Crippen molar-refractivity contribution in [3.63, 3.8) is 0 Å². The summed E-state index contributed by atoms with van der Waals surface area (Å²) in [6, 6.07) is 7.18. The second-order valence-corrected chi connectivity index (χ2v) is 6.79. The Hall–Kier alpha value is -3.24. The number of hydrogen-bond donors (Lipinski definition) is 1. The molecule has 0 atom stereocenters. The second kappa shape index (κ2) is 7.30. The summed E-state index contributed by atoms with van der Waals surface area (Å²) >= 11 is 0. The molecule has 4 rings (SSSR count). The molecule has 11 heteroatoms. The topological polar surface area (TPSA) is 77.6 Å². The number of rotatable bonds is 6. The summed E-state index contributed by atoms with van der Waals surface area (Å²) in [4.78, 5) is 16.2. The van der Waals surface area contributed by atoms with Crippen molar-refractivity contribution in [2.24, 2.45) is 0 Å². The van der Waals surface area contributed by atoms with Gasteiger partial charge in [-0.15, -0.1) is 5.10 Å². The van der Waals surface area contributed by atoms with Gasteiger partial charge in [0.15, 0.2) is 5.69 Å². The van der Waals surface area contributed by atoms with E-state index in [1.807, 2.05) is 0 Å². The lowest BCUT2D eigenvalue weighted by atomic mass is 10.2. The van der Waals surface area contributed by atoms with Gasteiger partial charge in [-0.2, -0.15) is 18.3 Å². The first-order valence-corrected chi connectivity index (χ1v) is 8.87. The van der Waals surface area contributed by atoms with Crippen molar-refractivity contribution >= 4 is 11.9 Å². The van der Waals surface area contributed by atoms with E-state index in [9.17, 15) is 22.4 Å². The fourth-order valence-corrected chi connectivity index (χ4v) is 2.93. The maximum atomic E-state index is 13.7. The van der Waals surface area contributed by atoms with Crippen molar-refractivity contribution < 1.29 is 22.4 Å². The predicted octanol–water partition coefficient (Wildman–Crippen LogP) is 3.20. The average Bonchev–Trinajstić information content (AvgIpc) is 3.25. The lowest BCUT2D eigenvalue weighted by Gasteiger charge is -2.06. The fourth-order valence-electron chi connectivity index (χ4n) is 2.93. The molecule has 0 unspecified atom stereocenters. The van der Waals surface area contributed by atoms with Gasteiger partial charge in [0.1, 0.15) is 18.7 Å². The zero-order valence-electron chi connectivity index (χ0n) is 15.0. The molecule has 0 radical (unpaired) electrons. The zero-order chi connectivity index (χ0) is 20.6. The van der Waals surface area contributed by atoms with Gasteiger partial charge in [-0.05, 0) is 25.0 Å². The van der Waals surface area contributed by atoms with Crippen LogP contribution in [0.3, 0.4) is 0 Å². The van der Waals surface area contributed by atoms with E-state index in [1.165, 1.54) is 17.1 Å². The van der Waals surface area contributed by atoms with Crippen molar-refractivity contribution in [3.05, 3.63) is 59.4 Å². The molecule has 1 aromatic carbocycles. The maximum absolute atomic E-state index is 13.7. The Morgan fingerprint density at radius 2 is 1.97 bits per heavy atom. The van der Waals surface area contributed by atoms with Crippen molar-refractivity contribution in [2.45, 2.75) is 38.0 Å². The first-order valence-electron chi connectivity index (χ1n) is 8.87. The molecule has 1 amide bonds. The Morgan fingerprint density at radius 3 is 2.66 bits per heavy atom. The standard InChI is InChI=1S/C18H16F4N6O/c19-13-4-2-1-3-12(13)8-27-10-23-17(26-27)24-16(29)9-28-14(11-5-6-11)7-15(25-28)18(20,21)22/h1-4,7,10-11H,5-6,8-9H2,(H,24,26,29). The van der Waals surface area contributed by atoms with Gasteiger partial charge in [-0.3, -0.25) is 14.8 Å². The van der Waals surface area contributed by atoms with Gasteiger partial charge >= 0.3 is 6.18 Å². The highest BCUT2D eigenvalue weighted by molar-refractivity contribution is 5.88. The molecule has 29 heavy (non-hydrogen) atoms. The molecule has 7 nitrogen and oxygen atoms in total. The van der Waals surface area contributed by atoms with Crippen LogP contribution in [0.1, 0.15) is 35.7 Å². The van der Waals surface area contributed by atoms with E-state index in [0.717, 1.165) is 23.6 Å². The highest BCUT2D eigenvalue weighted by Gasteiger charge is 2.38. The Morgan fingerprint density at radius 1 is 1.21 bits per heavy atom. The lowest BCUT2D eigenvalue weighted by Crippen LogP contribution is -2.22. The number of anilines is 1. The molecular formula is C18H16F4N6O. The molecular weight excluding hydrogens is 392 g/mol. The van der Waals surface area contributed by atoms with E-state index >= 15 is 0 Å². The van der Waals surface area contributed by atoms with E-state index in [0.29, 0.717) is 11.3 Å². The number of halogens is 4. The lowest BCUT2D eigenvalue weighted by molar-refractivity contribution is -0.141. The number of hydrogen-bond acceptors (Lipinski definition) is 4. The highest BCUT2D eigenvalue weighted by atomic mass is 19.4. The SMILES string of the molecule is O=C(Cn1nc(C(F)(F)F)cc1C1CC1)Nc1ncn(Cc2ccccc2F)n1. The van der Waals surface area contributed by atoms with Gasteiger partial charge in [-0.1, -0.05) is 18.2 Å². The number of nitrogens with zero attached hydrogens (tertiary/aromatic N) is 5. The van der Waals surface area contributed by atoms with Gasteiger partial charge in [0, 0.05) is 17.2 Å². The molecule has 3 aromatic rings. The predicted molar refractivity (Wildman–Crippen MR) is 93.4 cm³/mol. The van der Waals surface area contributed by atoms with Gasteiger partial charge in [0.2, 0.25) is 11.9 Å². The van der Waals surface area contributed by atoms with Crippen LogP contribution in [-0.2, 0) is 24.1 Å². The summed E-state index contributed by atoms with van der Waals surface area (Å²) in [5.74, 6) is -1.03. The molecule has 0 saturated heterocycles. The van der Waals surface area contributed by atoms with E-state index < -0.39 is 17.8 Å². The van der Waals surface area contributed by atoms with Gasteiger partial charge in [0.25, 0.3) is 0 Å². The minimum Gasteiger partial charge on any atom is -0.292 e. The number of amides is 1. The van der Waals surface area contributed by atoms with Crippen LogP contribution >= 0.6 is 0 Å². The molecule has 1 aliphatic carbocycles. The largest absolute Gasteiger partial charge is 0.435 e. The Labute approximate surface area is 162 Å². The zero-order valence-corrected chi connectivity index (χ0v) is 15.0. The number of aromatic nitrogens is 5. The molecule has 2 aromatic heterocycles. The summed E-state index contributed by atoms with van der Waals surface area (Å²) in [5, 5.41) is 10.0. The monoisotopic (exact) mass is 408 g/mol. The van der Waals surface area contributed by atoms with Gasteiger partial charge in [-0.25, -0.2) is 14.1 Å². The van der Waals surface area contributed by atoms with Crippen LogP contribution in [0, 0.1) is 5.82 Å². The molecule has 2 heterocycles. The maximum Gasteiger partial charge on any atom is 0.435 e. The van der Waals surface area contributed by atoms with E-state index in [2.05, 4.69) is 20.5 Å². The number of benzene rings is 1. The number of nitrogens with one attached hydrogen (secondary N) is 1. The third-order valence-corrected chi connectivity index (χ3v) is 4.47. The minimum atomic E-state index is -4.57. The molecule has 0 aliphatic heterocycles. The summed E-state index contributed by atoms with van der Waals surface area (Å²) in [5.41, 5.74) is -0.217. The normalized spacial score (nSPS) is 14.2. The van der Waals surface area contributed by atoms with Crippen molar-refractivity contribution in [2.75, 3.05) is 5.32 Å². The van der Waals surface area contributed by atoms with E-state index in [-0.39, 0.29) is 30.8 Å². The molecule has 0 spiro atoms. The van der Waals surface area contributed by atoms with Crippen molar-refractivity contribution in [3.8, 4) is 0 Å². The van der Waals surface area contributed by atoms with Gasteiger partial charge < -0.3 is 0 Å². The van der Waals surface area contributed by atoms with Crippen LogP contribution in [0.2, 0.25) is 0 Å². The van der Waals surface area contributed by atoms with Crippen LogP contribution < -0.4 is 5.32 Å². The summed E-state index contributed by atoms with van der Waals surface area (Å²) in [7, 11) is 0. The summed E-state index contributed by atoms with van der Waals surface area (Å²) in [6.07, 6.45) is -1.70. The Balaban J connectivity index is 1.42. The summed E-state index contributed by atoms with van der Waals surface area (Å²) < 4.78 is 54.9. The molecule has 1 fully saturated rings. The van der Waals surface area contributed by atoms with Gasteiger partial charge in [0.05, 0.1) is 6.54 Å².